The molecule has 0 radical (unpaired) electrons. The first-order valence-corrected chi connectivity index (χ1v) is 9.83. The number of pyridine rings is 1. The Morgan fingerprint density at radius 1 is 0.926 bits per heavy atom. The highest BCUT2D eigenvalue weighted by atomic mass is 32.2. The number of sulfonamides is 1. The Hall–Kier alpha value is -3.25. The first kappa shape index (κ1) is 17.2. The van der Waals surface area contributed by atoms with Gasteiger partial charge in [-0.1, -0.05) is 48.5 Å². The SMILES string of the molecule is O=C1/C(=C\c2cccnc2)N(Cc2ccccc2)S(=O)(=O)c2ccccc21. The maximum atomic E-state index is 13.3. The normalized spacial score (nSPS) is 17.0. The van der Waals surface area contributed by atoms with Crippen LogP contribution in [0.25, 0.3) is 6.08 Å². The number of nitrogens with zero attached hydrogens (tertiary/aromatic N) is 2. The van der Waals surface area contributed by atoms with Gasteiger partial charge in [0.05, 0.1) is 11.4 Å². The van der Waals surface area contributed by atoms with Crippen LogP contribution in [0.5, 0.6) is 0 Å². The number of carbonyl (C=O) groups excluding carboxylic acids is 1. The van der Waals surface area contributed by atoms with E-state index in [1.807, 2.05) is 30.3 Å². The van der Waals surface area contributed by atoms with E-state index in [9.17, 15) is 13.2 Å². The second-order valence-electron chi connectivity index (χ2n) is 6.14. The minimum absolute atomic E-state index is 0.0364. The van der Waals surface area contributed by atoms with Gasteiger partial charge in [0.2, 0.25) is 5.78 Å². The highest BCUT2D eigenvalue weighted by Crippen LogP contribution is 2.34. The summed E-state index contributed by atoms with van der Waals surface area (Å²) in [5, 5.41) is 0. The second kappa shape index (κ2) is 6.81. The van der Waals surface area contributed by atoms with Crippen LogP contribution >= 0.6 is 0 Å². The number of benzene rings is 2. The highest BCUT2D eigenvalue weighted by Gasteiger charge is 2.39. The zero-order valence-corrected chi connectivity index (χ0v) is 15.1. The Balaban J connectivity index is 1.91. The minimum atomic E-state index is -3.86. The molecule has 0 saturated heterocycles. The molecule has 1 aromatic heterocycles. The molecule has 6 heteroatoms. The summed E-state index contributed by atoms with van der Waals surface area (Å²) in [6.45, 7) is 0.0787. The Morgan fingerprint density at radius 3 is 2.41 bits per heavy atom. The molecule has 4 rings (SSSR count). The Kier molecular flexibility index (Phi) is 4.33. The number of aromatic nitrogens is 1. The van der Waals surface area contributed by atoms with Gasteiger partial charge in [0, 0.05) is 18.0 Å². The molecule has 0 bridgehead atoms. The number of carbonyl (C=O) groups is 1. The quantitative estimate of drug-likeness (QED) is 0.656. The van der Waals surface area contributed by atoms with Crippen LogP contribution in [0.15, 0.2) is 89.7 Å². The number of fused-ring (bicyclic) bond motifs is 1. The van der Waals surface area contributed by atoms with Crippen LogP contribution in [-0.2, 0) is 16.6 Å². The summed E-state index contributed by atoms with van der Waals surface area (Å²) in [5.41, 5.74) is 1.77. The van der Waals surface area contributed by atoms with Gasteiger partial charge in [0.1, 0.15) is 5.70 Å². The van der Waals surface area contributed by atoms with E-state index < -0.39 is 10.0 Å². The van der Waals surface area contributed by atoms with Crippen LogP contribution in [0.4, 0.5) is 0 Å². The summed E-state index contributed by atoms with van der Waals surface area (Å²) < 4.78 is 27.7. The molecule has 2 aromatic carbocycles. The van der Waals surface area contributed by atoms with Gasteiger partial charge in [-0.2, -0.15) is 0 Å². The van der Waals surface area contributed by atoms with E-state index in [-0.39, 0.29) is 28.5 Å². The Bertz CT molecular complexity index is 1120. The smallest absolute Gasteiger partial charge is 0.265 e. The first-order valence-electron chi connectivity index (χ1n) is 8.39. The van der Waals surface area contributed by atoms with Crippen LogP contribution in [0.2, 0.25) is 0 Å². The largest absolute Gasteiger partial charge is 0.287 e. The van der Waals surface area contributed by atoms with Crippen molar-refractivity contribution in [3.05, 3.63) is 102 Å². The van der Waals surface area contributed by atoms with Crippen molar-refractivity contribution in [2.75, 3.05) is 0 Å². The van der Waals surface area contributed by atoms with Crippen LogP contribution in [0.3, 0.4) is 0 Å². The molecule has 0 N–H and O–H groups in total. The van der Waals surface area contributed by atoms with Gasteiger partial charge >= 0.3 is 0 Å². The molecule has 0 fully saturated rings. The first-order chi connectivity index (χ1) is 13.1. The maximum Gasteiger partial charge on any atom is 0.265 e. The standard InChI is InChI=1S/C21H16N2O3S/c24-21-18-10-4-5-11-20(18)27(25,26)23(15-16-7-2-1-3-8-16)19(21)13-17-9-6-12-22-14-17/h1-14H,15H2/b19-13+. The molecular formula is C21H16N2O3S. The lowest BCUT2D eigenvalue weighted by molar-refractivity contribution is 0.100. The third-order valence-electron chi connectivity index (χ3n) is 4.36. The molecule has 0 spiro atoms. The summed E-state index contributed by atoms with van der Waals surface area (Å²) in [4.78, 5) is 17.2. The molecule has 0 saturated carbocycles. The number of hydrogen-bond donors (Lipinski definition) is 0. The van der Waals surface area contributed by atoms with E-state index >= 15 is 0 Å². The molecule has 0 amide bonds. The van der Waals surface area contributed by atoms with Gasteiger partial charge < -0.3 is 0 Å². The molecule has 3 aromatic rings. The molecule has 27 heavy (non-hydrogen) atoms. The van der Waals surface area contributed by atoms with E-state index in [0.29, 0.717) is 5.56 Å². The van der Waals surface area contributed by atoms with E-state index in [1.165, 1.54) is 10.4 Å². The third-order valence-corrected chi connectivity index (χ3v) is 6.18. The van der Waals surface area contributed by atoms with Gasteiger partial charge in [-0.3, -0.25) is 14.1 Å². The van der Waals surface area contributed by atoms with Crippen molar-refractivity contribution in [2.24, 2.45) is 0 Å². The van der Waals surface area contributed by atoms with Crippen LogP contribution in [0.1, 0.15) is 21.5 Å². The average molecular weight is 376 g/mol. The molecule has 134 valence electrons. The Labute approximate surface area is 157 Å². The van der Waals surface area contributed by atoms with E-state index in [4.69, 9.17) is 0 Å². The third kappa shape index (κ3) is 3.15. The summed E-state index contributed by atoms with van der Waals surface area (Å²) in [5.74, 6) is -0.319. The van der Waals surface area contributed by atoms with Gasteiger partial charge in [-0.25, -0.2) is 8.42 Å². The summed E-state index contributed by atoms with van der Waals surface area (Å²) in [6.07, 6.45) is 4.79. The molecule has 2 heterocycles. The predicted molar refractivity (Wildman–Crippen MR) is 102 cm³/mol. The fourth-order valence-electron chi connectivity index (χ4n) is 3.05. The minimum Gasteiger partial charge on any atom is -0.287 e. The fourth-order valence-corrected chi connectivity index (χ4v) is 4.69. The molecule has 1 aliphatic rings. The van der Waals surface area contributed by atoms with Crippen molar-refractivity contribution < 1.29 is 13.2 Å². The Morgan fingerprint density at radius 2 is 1.67 bits per heavy atom. The van der Waals surface area contributed by atoms with E-state index in [0.717, 1.165) is 5.56 Å². The van der Waals surface area contributed by atoms with Gasteiger partial charge in [0.15, 0.2) is 0 Å². The zero-order valence-electron chi connectivity index (χ0n) is 14.3. The number of hydrogen-bond acceptors (Lipinski definition) is 4. The lowest BCUT2D eigenvalue weighted by Gasteiger charge is -2.31. The van der Waals surface area contributed by atoms with Crippen LogP contribution < -0.4 is 0 Å². The number of rotatable bonds is 3. The highest BCUT2D eigenvalue weighted by molar-refractivity contribution is 7.89. The second-order valence-corrected chi connectivity index (χ2v) is 7.97. The zero-order chi connectivity index (χ0) is 18.9. The van der Waals surface area contributed by atoms with Crippen LogP contribution in [-0.4, -0.2) is 23.5 Å². The molecule has 0 unspecified atom stereocenters. The summed E-state index contributed by atoms with van der Waals surface area (Å²) in [7, 11) is -3.86. The molecular weight excluding hydrogens is 360 g/mol. The van der Waals surface area contributed by atoms with E-state index in [1.54, 1.807) is 48.8 Å². The molecule has 0 aliphatic carbocycles. The van der Waals surface area contributed by atoms with Crippen molar-refractivity contribution in [2.45, 2.75) is 11.4 Å². The fraction of sp³-hybridized carbons (Fsp3) is 0.0476. The number of ketones is 1. The van der Waals surface area contributed by atoms with Gasteiger partial charge in [-0.15, -0.1) is 0 Å². The van der Waals surface area contributed by atoms with Crippen molar-refractivity contribution in [1.82, 2.24) is 9.29 Å². The summed E-state index contributed by atoms with van der Waals surface area (Å²) in [6, 6.07) is 19.0. The predicted octanol–water partition coefficient (Wildman–Crippen LogP) is 3.51. The van der Waals surface area contributed by atoms with Crippen molar-refractivity contribution in [3.63, 3.8) is 0 Å². The number of Topliss-reactive ketones (excluding diaryl/α,β-unsaturated/α-hetero) is 1. The van der Waals surface area contributed by atoms with E-state index in [2.05, 4.69) is 4.98 Å². The molecule has 0 atom stereocenters. The van der Waals surface area contributed by atoms with Crippen molar-refractivity contribution in [3.8, 4) is 0 Å². The van der Waals surface area contributed by atoms with Gasteiger partial charge in [0.25, 0.3) is 10.0 Å². The monoisotopic (exact) mass is 376 g/mol. The maximum absolute atomic E-state index is 13.3. The number of allylic oxidation sites excluding steroid dienone is 1. The van der Waals surface area contributed by atoms with Crippen LogP contribution in [0, 0.1) is 0 Å². The lowest BCUT2D eigenvalue weighted by atomic mass is 10.1. The lowest BCUT2D eigenvalue weighted by Crippen LogP contribution is -2.38. The van der Waals surface area contributed by atoms with Crippen molar-refractivity contribution in [1.29, 1.82) is 0 Å². The van der Waals surface area contributed by atoms with Gasteiger partial charge in [-0.05, 0) is 35.4 Å². The summed E-state index contributed by atoms with van der Waals surface area (Å²) >= 11 is 0. The molecule has 1 aliphatic heterocycles. The average Bonchev–Trinajstić information content (AvgIpc) is 2.71. The topological polar surface area (TPSA) is 67.3 Å². The van der Waals surface area contributed by atoms with Crippen molar-refractivity contribution >= 4 is 21.9 Å². The molecule has 5 nitrogen and oxygen atoms in total.